The summed E-state index contributed by atoms with van der Waals surface area (Å²) in [5.74, 6) is 0. The zero-order valence-corrected chi connectivity index (χ0v) is 12.1. The first kappa shape index (κ1) is 17.2. The summed E-state index contributed by atoms with van der Waals surface area (Å²) in [6, 6.07) is -0.116. The van der Waals surface area contributed by atoms with Crippen molar-refractivity contribution in [3.63, 3.8) is 0 Å². The molecule has 0 bridgehead atoms. The minimum atomic E-state index is -0.495. The normalized spacial score (nSPS) is 15.0. The van der Waals surface area contributed by atoms with E-state index in [9.17, 15) is 4.79 Å². The highest BCUT2D eigenvalue weighted by Crippen LogP contribution is 2.07. The van der Waals surface area contributed by atoms with Crippen LogP contribution in [0.4, 0.5) is 4.79 Å². The minimum absolute atomic E-state index is 0.00679. The number of ether oxygens (including phenoxy) is 2. The molecule has 0 aromatic carbocycles. The number of carbonyl (C=O) groups is 1. The zero-order valence-electron chi connectivity index (χ0n) is 12.1. The van der Waals surface area contributed by atoms with Gasteiger partial charge in [0.05, 0.1) is 6.61 Å². The van der Waals surface area contributed by atoms with E-state index in [1.54, 1.807) is 7.11 Å². The second kappa shape index (κ2) is 8.29. The van der Waals surface area contributed by atoms with Gasteiger partial charge in [-0.15, -0.1) is 0 Å². The van der Waals surface area contributed by atoms with Crippen molar-refractivity contribution in [1.82, 2.24) is 10.6 Å². The van der Waals surface area contributed by atoms with Crippen molar-refractivity contribution in [2.24, 2.45) is 5.73 Å². The van der Waals surface area contributed by atoms with E-state index in [-0.39, 0.29) is 12.1 Å². The van der Waals surface area contributed by atoms with Crippen LogP contribution in [0.15, 0.2) is 0 Å². The first-order valence-electron chi connectivity index (χ1n) is 6.22. The lowest BCUT2D eigenvalue weighted by Crippen LogP contribution is -2.53. The maximum Gasteiger partial charge on any atom is 0.407 e. The molecule has 0 spiro atoms. The van der Waals surface area contributed by atoms with Gasteiger partial charge in [-0.05, 0) is 27.7 Å². The quantitative estimate of drug-likeness (QED) is 0.580. The highest BCUT2D eigenvalue weighted by molar-refractivity contribution is 5.68. The molecule has 2 atom stereocenters. The average Bonchev–Trinajstić information content (AvgIpc) is 2.21. The van der Waals surface area contributed by atoms with Crippen LogP contribution in [-0.4, -0.2) is 50.6 Å². The van der Waals surface area contributed by atoms with E-state index in [0.29, 0.717) is 19.7 Å². The lowest BCUT2D eigenvalue weighted by Gasteiger charge is -2.27. The molecular weight excluding hydrogens is 234 g/mol. The Kier molecular flexibility index (Phi) is 7.90. The molecular formula is C12H27N3O3. The van der Waals surface area contributed by atoms with E-state index in [4.69, 9.17) is 15.2 Å². The third kappa shape index (κ3) is 8.27. The number of hydrogen-bond acceptors (Lipinski definition) is 5. The van der Waals surface area contributed by atoms with Crippen LogP contribution in [0.25, 0.3) is 0 Å². The van der Waals surface area contributed by atoms with Crippen LogP contribution < -0.4 is 16.4 Å². The minimum Gasteiger partial charge on any atom is -0.444 e. The third-order valence-corrected chi connectivity index (χ3v) is 2.31. The van der Waals surface area contributed by atoms with Gasteiger partial charge < -0.3 is 25.8 Å². The van der Waals surface area contributed by atoms with E-state index < -0.39 is 11.7 Å². The third-order valence-electron chi connectivity index (χ3n) is 2.31. The van der Waals surface area contributed by atoms with Gasteiger partial charge in [0.2, 0.25) is 0 Å². The molecule has 0 aliphatic heterocycles. The summed E-state index contributed by atoms with van der Waals surface area (Å²) in [5.41, 5.74) is 5.17. The van der Waals surface area contributed by atoms with Crippen molar-refractivity contribution in [1.29, 1.82) is 0 Å². The molecule has 0 rings (SSSR count). The van der Waals surface area contributed by atoms with Gasteiger partial charge in [0.25, 0.3) is 0 Å². The van der Waals surface area contributed by atoms with Crippen LogP contribution in [0.2, 0.25) is 0 Å². The van der Waals surface area contributed by atoms with Gasteiger partial charge >= 0.3 is 6.09 Å². The molecule has 1 amide bonds. The van der Waals surface area contributed by atoms with Crippen LogP contribution in [0.1, 0.15) is 27.7 Å². The fourth-order valence-electron chi connectivity index (χ4n) is 1.40. The number of nitrogens with two attached hydrogens (primary N) is 1. The highest BCUT2D eigenvalue weighted by Gasteiger charge is 2.21. The largest absolute Gasteiger partial charge is 0.444 e. The van der Waals surface area contributed by atoms with E-state index in [0.717, 1.165) is 0 Å². The molecule has 0 aliphatic rings. The van der Waals surface area contributed by atoms with Crippen LogP contribution in [-0.2, 0) is 9.47 Å². The van der Waals surface area contributed by atoms with Gasteiger partial charge in [0.1, 0.15) is 5.60 Å². The van der Waals surface area contributed by atoms with Gasteiger partial charge in [-0.2, -0.15) is 0 Å². The summed E-state index contributed by atoms with van der Waals surface area (Å²) < 4.78 is 10.1. The fourth-order valence-corrected chi connectivity index (χ4v) is 1.40. The number of alkyl carbamates (subject to hydrolysis) is 1. The van der Waals surface area contributed by atoms with Gasteiger partial charge in [-0.3, -0.25) is 0 Å². The smallest absolute Gasteiger partial charge is 0.407 e. The summed E-state index contributed by atoms with van der Waals surface area (Å²) in [7, 11) is 1.64. The van der Waals surface area contributed by atoms with Crippen molar-refractivity contribution >= 4 is 6.09 Å². The van der Waals surface area contributed by atoms with Gasteiger partial charge in [0, 0.05) is 32.3 Å². The monoisotopic (exact) mass is 261 g/mol. The number of nitrogens with one attached hydrogen (secondary N) is 2. The summed E-state index contributed by atoms with van der Waals surface area (Å²) >= 11 is 0. The molecule has 0 heterocycles. The maximum absolute atomic E-state index is 11.6. The molecule has 0 saturated carbocycles. The number of methoxy groups -OCH3 is 1. The molecule has 4 N–H and O–H groups in total. The molecule has 0 saturated heterocycles. The predicted molar refractivity (Wildman–Crippen MR) is 71.6 cm³/mol. The first-order chi connectivity index (χ1) is 8.30. The van der Waals surface area contributed by atoms with E-state index in [1.165, 1.54) is 0 Å². The van der Waals surface area contributed by atoms with Crippen molar-refractivity contribution in [2.75, 3.05) is 26.8 Å². The van der Waals surface area contributed by atoms with Crippen molar-refractivity contribution in [2.45, 2.75) is 45.4 Å². The maximum atomic E-state index is 11.6. The Morgan fingerprint density at radius 3 is 2.44 bits per heavy atom. The molecule has 0 aliphatic carbocycles. The summed E-state index contributed by atoms with van der Waals surface area (Å²) in [5, 5.41) is 5.99. The van der Waals surface area contributed by atoms with E-state index >= 15 is 0 Å². The lowest BCUT2D eigenvalue weighted by molar-refractivity contribution is 0.0498. The average molecular weight is 261 g/mol. The Morgan fingerprint density at radius 2 is 2.00 bits per heavy atom. The fraction of sp³-hybridized carbons (Fsp3) is 0.917. The first-order valence-corrected chi connectivity index (χ1v) is 6.22. The summed E-state index contributed by atoms with van der Waals surface area (Å²) in [4.78, 5) is 11.6. The topological polar surface area (TPSA) is 85.6 Å². The number of rotatable bonds is 7. The molecule has 0 aromatic heterocycles. The van der Waals surface area contributed by atoms with Gasteiger partial charge in [-0.25, -0.2) is 4.79 Å². The molecule has 18 heavy (non-hydrogen) atoms. The van der Waals surface area contributed by atoms with Crippen LogP contribution in [0.3, 0.4) is 0 Å². The summed E-state index contributed by atoms with van der Waals surface area (Å²) in [6.07, 6.45) is -0.429. The van der Waals surface area contributed by atoms with Crippen molar-refractivity contribution in [3.05, 3.63) is 0 Å². The van der Waals surface area contributed by atoms with Crippen molar-refractivity contribution < 1.29 is 14.3 Å². The Morgan fingerprint density at radius 1 is 1.39 bits per heavy atom. The number of carbonyl (C=O) groups excluding carboxylic acids is 1. The second-order valence-corrected chi connectivity index (χ2v) is 5.22. The van der Waals surface area contributed by atoms with Crippen LogP contribution >= 0.6 is 0 Å². The standard InChI is InChI=1S/C12H27N3O3/c1-9(10(8-13)14-6-7-17-5)15-11(16)18-12(2,3)4/h9-10,14H,6-8,13H2,1-5H3,(H,15,16). The Balaban J connectivity index is 4.09. The zero-order chi connectivity index (χ0) is 14.2. The Bertz CT molecular complexity index is 241. The lowest BCUT2D eigenvalue weighted by atomic mass is 10.1. The van der Waals surface area contributed by atoms with Crippen molar-refractivity contribution in [3.8, 4) is 0 Å². The second-order valence-electron chi connectivity index (χ2n) is 5.22. The van der Waals surface area contributed by atoms with E-state index in [1.807, 2.05) is 27.7 Å². The number of hydrogen-bond donors (Lipinski definition) is 3. The molecule has 6 heteroatoms. The summed E-state index contributed by atoms with van der Waals surface area (Å²) in [6.45, 7) is 9.10. The molecule has 0 aromatic rings. The Labute approximate surface area is 110 Å². The Hall–Kier alpha value is -0.850. The molecule has 0 fully saturated rings. The predicted octanol–water partition coefficient (Wildman–Crippen LogP) is 0.463. The number of amides is 1. The molecule has 6 nitrogen and oxygen atoms in total. The molecule has 108 valence electrons. The highest BCUT2D eigenvalue weighted by atomic mass is 16.6. The van der Waals surface area contributed by atoms with Crippen LogP contribution in [0, 0.1) is 0 Å². The molecule has 0 radical (unpaired) electrons. The van der Waals surface area contributed by atoms with Gasteiger partial charge in [0.15, 0.2) is 0 Å². The molecule has 2 unspecified atom stereocenters. The SMILES string of the molecule is COCCNC(CN)C(C)NC(=O)OC(C)(C)C. The van der Waals surface area contributed by atoms with E-state index in [2.05, 4.69) is 10.6 Å². The van der Waals surface area contributed by atoms with Crippen LogP contribution in [0.5, 0.6) is 0 Å². The van der Waals surface area contributed by atoms with Gasteiger partial charge in [-0.1, -0.05) is 0 Å².